The number of rotatable bonds is 11. The van der Waals surface area contributed by atoms with Crippen molar-refractivity contribution in [2.24, 2.45) is 0 Å². The lowest BCUT2D eigenvalue weighted by atomic mass is 9.99. The zero-order valence-electron chi connectivity index (χ0n) is 26.6. The summed E-state index contributed by atoms with van der Waals surface area (Å²) in [5.74, 6) is 0.379. The third-order valence-electron chi connectivity index (χ3n) is 9.07. The highest BCUT2D eigenvalue weighted by molar-refractivity contribution is 5.76. The zero-order chi connectivity index (χ0) is 32.0. The molecule has 1 aromatic heterocycles. The molecule has 1 N–H and O–H groups in total. The fourth-order valence-electron chi connectivity index (χ4n) is 6.62. The van der Waals surface area contributed by atoms with E-state index in [2.05, 4.69) is 110 Å². The quantitative estimate of drug-likeness (QED) is 0.151. The molecule has 2 heterocycles. The Morgan fingerprint density at radius 3 is 2.15 bits per heavy atom. The maximum absolute atomic E-state index is 13.2. The molecule has 0 amide bonds. The van der Waals surface area contributed by atoms with Crippen molar-refractivity contribution < 1.29 is 9.13 Å². The van der Waals surface area contributed by atoms with Crippen molar-refractivity contribution in [3.63, 3.8) is 0 Å². The molecular formula is C40H40FN5O. The smallest absolute Gasteiger partial charge is 0.203 e. The number of hydrogen-bond acceptors (Lipinski definition) is 4. The fourth-order valence-corrected chi connectivity index (χ4v) is 6.62. The molecule has 1 aliphatic heterocycles. The second-order valence-electron chi connectivity index (χ2n) is 12.2. The standard InChI is InChI=1S/C40H40FN5O/c41-34-18-20-36(21-19-34)47-27-9-22-45-38-16-6-7-17-39(38)46(40(45)42)29-31-10-8-14-35(28-31)44-25-23-43(24-26-44)30-33-13-4-5-15-37(33)32-11-2-1-3-12-32/h1-8,10-21,28,42H,9,22-27,29-30H2. The molecule has 0 spiro atoms. The van der Waals surface area contributed by atoms with E-state index < -0.39 is 0 Å². The van der Waals surface area contributed by atoms with Crippen LogP contribution in [0.25, 0.3) is 22.2 Å². The van der Waals surface area contributed by atoms with Crippen LogP contribution in [0.3, 0.4) is 0 Å². The molecule has 238 valence electrons. The van der Waals surface area contributed by atoms with E-state index in [-0.39, 0.29) is 5.82 Å². The van der Waals surface area contributed by atoms with Crippen LogP contribution in [0.15, 0.2) is 127 Å². The van der Waals surface area contributed by atoms with Gasteiger partial charge >= 0.3 is 0 Å². The highest BCUT2D eigenvalue weighted by atomic mass is 19.1. The topological polar surface area (TPSA) is 49.4 Å². The maximum Gasteiger partial charge on any atom is 0.203 e. The number of hydrogen-bond donors (Lipinski definition) is 1. The monoisotopic (exact) mass is 625 g/mol. The summed E-state index contributed by atoms with van der Waals surface area (Å²) < 4.78 is 23.2. The van der Waals surface area contributed by atoms with Gasteiger partial charge in [0.15, 0.2) is 0 Å². The number of aryl methyl sites for hydroxylation is 1. The van der Waals surface area contributed by atoms with E-state index in [4.69, 9.17) is 10.1 Å². The predicted octanol–water partition coefficient (Wildman–Crippen LogP) is 7.57. The summed E-state index contributed by atoms with van der Waals surface area (Å²) in [5, 5.41) is 9.11. The van der Waals surface area contributed by atoms with Gasteiger partial charge in [-0.3, -0.25) is 10.3 Å². The minimum Gasteiger partial charge on any atom is -0.494 e. The average Bonchev–Trinajstić information content (AvgIpc) is 3.38. The molecule has 7 rings (SSSR count). The van der Waals surface area contributed by atoms with Gasteiger partial charge in [-0.05, 0) is 77.2 Å². The van der Waals surface area contributed by atoms with E-state index in [1.807, 2.05) is 12.1 Å². The number of nitrogens with one attached hydrogen (secondary N) is 1. The predicted molar refractivity (Wildman–Crippen MR) is 187 cm³/mol. The number of para-hydroxylation sites is 2. The van der Waals surface area contributed by atoms with Crippen molar-refractivity contribution in [2.75, 3.05) is 37.7 Å². The van der Waals surface area contributed by atoms with Crippen LogP contribution in [0, 0.1) is 11.2 Å². The van der Waals surface area contributed by atoms with Gasteiger partial charge in [0.25, 0.3) is 0 Å². The van der Waals surface area contributed by atoms with Crippen molar-refractivity contribution >= 4 is 16.7 Å². The molecule has 0 bridgehead atoms. The van der Waals surface area contributed by atoms with Gasteiger partial charge in [0.1, 0.15) is 11.6 Å². The summed E-state index contributed by atoms with van der Waals surface area (Å²) in [6.07, 6.45) is 0.737. The highest BCUT2D eigenvalue weighted by Crippen LogP contribution is 2.26. The van der Waals surface area contributed by atoms with Crippen LogP contribution in [0.5, 0.6) is 5.75 Å². The molecule has 0 aliphatic carbocycles. The SMILES string of the molecule is N=c1n(CCCOc2ccc(F)cc2)c2ccccc2n1Cc1cccc(N2CCN(Cc3ccccc3-c3ccccc3)CC2)c1. The van der Waals surface area contributed by atoms with Gasteiger partial charge in [-0.2, -0.15) is 0 Å². The first-order valence-corrected chi connectivity index (χ1v) is 16.4. The van der Waals surface area contributed by atoms with Gasteiger partial charge < -0.3 is 18.8 Å². The number of halogens is 1. The first-order chi connectivity index (χ1) is 23.1. The Bertz CT molecular complexity index is 1990. The van der Waals surface area contributed by atoms with Crippen LogP contribution in [0.4, 0.5) is 10.1 Å². The van der Waals surface area contributed by atoms with Crippen LogP contribution in [-0.4, -0.2) is 46.8 Å². The number of piperazine rings is 1. The first-order valence-electron chi connectivity index (χ1n) is 16.4. The summed E-state index contributed by atoms with van der Waals surface area (Å²) in [6.45, 7) is 6.71. The first kappa shape index (κ1) is 30.5. The number of aromatic nitrogens is 2. The molecule has 0 radical (unpaired) electrons. The number of anilines is 1. The van der Waals surface area contributed by atoms with Gasteiger partial charge in [0.2, 0.25) is 5.62 Å². The van der Waals surface area contributed by atoms with E-state index in [0.29, 0.717) is 31.1 Å². The molecule has 0 atom stereocenters. The summed E-state index contributed by atoms with van der Waals surface area (Å²) in [5.41, 5.74) is 8.94. The van der Waals surface area contributed by atoms with Crippen LogP contribution >= 0.6 is 0 Å². The highest BCUT2D eigenvalue weighted by Gasteiger charge is 2.19. The molecular weight excluding hydrogens is 585 g/mol. The molecule has 1 fully saturated rings. The molecule has 5 aromatic carbocycles. The van der Waals surface area contributed by atoms with Gasteiger partial charge in [0, 0.05) is 45.0 Å². The van der Waals surface area contributed by atoms with Crippen LogP contribution in [-0.2, 0) is 19.6 Å². The number of imidazole rings is 1. The Kier molecular flexibility index (Phi) is 9.15. The molecule has 0 unspecified atom stereocenters. The molecule has 6 nitrogen and oxygen atoms in total. The number of benzene rings is 5. The Morgan fingerprint density at radius 1 is 0.660 bits per heavy atom. The largest absolute Gasteiger partial charge is 0.494 e. The second-order valence-corrected chi connectivity index (χ2v) is 12.2. The lowest BCUT2D eigenvalue weighted by molar-refractivity contribution is 0.250. The third-order valence-corrected chi connectivity index (χ3v) is 9.07. The van der Waals surface area contributed by atoms with Crippen LogP contribution < -0.4 is 15.3 Å². The summed E-state index contributed by atoms with van der Waals surface area (Å²) in [6, 6.07) is 42.6. The Labute approximate surface area is 275 Å². The van der Waals surface area contributed by atoms with E-state index in [1.54, 1.807) is 12.1 Å². The third kappa shape index (κ3) is 7.00. The lowest BCUT2D eigenvalue weighted by Gasteiger charge is -2.36. The average molecular weight is 626 g/mol. The maximum atomic E-state index is 13.2. The van der Waals surface area contributed by atoms with Crippen LogP contribution in [0.2, 0.25) is 0 Å². The fraction of sp³-hybridized carbons (Fsp3) is 0.225. The lowest BCUT2D eigenvalue weighted by Crippen LogP contribution is -2.46. The van der Waals surface area contributed by atoms with Crippen molar-refractivity contribution in [1.82, 2.24) is 14.0 Å². The number of nitrogens with zero attached hydrogens (tertiary/aromatic N) is 4. The number of ether oxygens (including phenoxy) is 1. The molecule has 1 saturated heterocycles. The van der Waals surface area contributed by atoms with Crippen LogP contribution in [0.1, 0.15) is 17.5 Å². The minimum atomic E-state index is -0.274. The Morgan fingerprint density at radius 2 is 1.36 bits per heavy atom. The van der Waals surface area contributed by atoms with Crippen molar-refractivity contribution in [3.8, 4) is 16.9 Å². The normalized spacial score (nSPS) is 13.7. The van der Waals surface area contributed by atoms with Crippen molar-refractivity contribution in [2.45, 2.75) is 26.1 Å². The molecule has 0 saturated carbocycles. The van der Waals surface area contributed by atoms with Crippen molar-refractivity contribution in [3.05, 3.63) is 150 Å². The summed E-state index contributed by atoms with van der Waals surface area (Å²) in [4.78, 5) is 5.05. The van der Waals surface area contributed by atoms with E-state index in [9.17, 15) is 4.39 Å². The zero-order valence-corrected chi connectivity index (χ0v) is 26.6. The molecule has 7 heteroatoms. The Balaban J connectivity index is 1.00. The minimum absolute atomic E-state index is 0.274. The summed E-state index contributed by atoms with van der Waals surface area (Å²) in [7, 11) is 0. The van der Waals surface area contributed by atoms with E-state index in [0.717, 1.165) is 50.2 Å². The number of fused-ring (bicyclic) bond motifs is 1. The molecule has 47 heavy (non-hydrogen) atoms. The van der Waals surface area contributed by atoms with Gasteiger partial charge in [-0.25, -0.2) is 4.39 Å². The molecule has 6 aromatic rings. The van der Waals surface area contributed by atoms with Gasteiger partial charge in [-0.1, -0.05) is 78.9 Å². The van der Waals surface area contributed by atoms with E-state index >= 15 is 0 Å². The second kappa shape index (κ2) is 14.1. The van der Waals surface area contributed by atoms with E-state index in [1.165, 1.54) is 40.1 Å². The van der Waals surface area contributed by atoms with Gasteiger partial charge in [-0.15, -0.1) is 0 Å². The van der Waals surface area contributed by atoms with Gasteiger partial charge in [0.05, 0.1) is 24.2 Å². The summed E-state index contributed by atoms with van der Waals surface area (Å²) >= 11 is 0. The van der Waals surface area contributed by atoms with Crippen molar-refractivity contribution in [1.29, 1.82) is 5.41 Å². The Hall–Kier alpha value is -5.14. The molecule has 1 aliphatic rings.